The van der Waals surface area contributed by atoms with Crippen molar-refractivity contribution < 1.29 is 35.9 Å². The predicted octanol–water partition coefficient (Wildman–Crippen LogP) is 4.52. The first-order valence-corrected chi connectivity index (χ1v) is 10.6. The van der Waals surface area contributed by atoms with Crippen molar-refractivity contribution in [3.63, 3.8) is 0 Å². The van der Waals surface area contributed by atoms with Gasteiger partial charge in [-0.1, -0.05) is 0 Å². The number of fused-ring (bicyclic) bond motifs is 1. The Labute approximate surface area is 189 Å². The fraction of sp³-hybridized carbons (Fsp3) is 0.476. The summed E-state index contributed by atoms with van der Waals surface area (Å²) in [4.78, 5) is 21.6. The van der Waals surface area contributed by atoms with Crippen molar-refractivity contribution in [1.82, 2.24) is 15.3 Å². The highest BCUT2D eigenvalue weighted by Crippen LogP contribution is 2.46. The molecule has 1 saturated carbocycles. The minimum Gasteiger partial charge on any atom is -0.431 e. The Morgan fingerprint density at radius 1 is 1.12 bits per heavy atom. The van der Waals surface area contributed by atoms with Gasteiger partial charge in [0.1, 0.15) is 11.6 Å². The molecule has 182 valence electrons. The van der Waals surface area contributed by atoms with Crippen LogP contribution < -0.4 is 15.5 Å². The second-order valence-corrected chi connectivity index (χ2v) is 8.47. The van der Waals surface area contributed by atoms with E-state index in [2.05, 4.69) is 25.3 Å². The minimum absolute atomic E-state index is 0.0399. The number of halogens is 6. The summed E-state index contributed by atoms with van der Waals surface area (Å²) in [5.74, 6) is -0.0764. The first-order valence-electron chi connectivity index (χ1n) is 10.6. The molecule has 0 aromatic carbocycles. The maximum absolute atomic E-state index is 13.8. The molecule has 1 saturated heterocycles. The van der Waals surface area contributed by atoms with Crippen LogP contribution in [0.15, 0.2) is 24.4 Å². The Bertz CT molecular complexity index is 1120. The van der Waals surface area contributed by atoms with Gasteiger partial charge in [-0.2, -0.15) is 26.3 Å². The van der Waals surface area contributed by atoms with Gasteiger partial charge in [0.2, 0.25) is 6.10 Å². The van der Waals surface area contributed by atoms with Gasteiger partial charge in [0.05, 0.1) is 16.8 Å². The summed E-state index contributed by atoms with van der Waals surface area (Å²) in [6.45, 7) is 1.53. The lowest BCUT2D eigenvalue weighted by molar-refractivity contribution is -0.206. The number of cyclic esters (lactones) is 1. The largest absolute Gasteiger partial charge is 0.431 e. The smallest absolute Gasteiger partial charge is 0.430 e. The molecule has 2 N–H and O–H groups in total. The molecule has 0 bridgehead atoms. The van der Waals surface area contributed by atoms with Crippen LogP contribution in [-0.4, -0.2) is 47.9 Å². The third-order valence-electron chi connectivity index (χ3n) is 6.15. The van der Waals surface area contributed by atoms with E-state index in [-0.39, 0.29) is 23.1 Å². The highest BCUT2D eigenvalue weighted by molar-refractivity contribution is 5.89. The molecule has 1 aliphatic carbocycles. The highest BCUT2D eigenvalue weighted by Gasteiger charge is 2.49. The predicted molar refractivity (Wildman–Crippen MR) is 108 cm³/mol. The molecule has 1 amide bonds. The summed E-state index contributed by atoms with van der Waals surface area (Å²) >= 11 is 0. The molecule has 2 aliphatic heterocycles. The summed E-state index contributed by atoms with van der Waals surface area (Å²) in [5.41, 5.74) is -2.19. The normalized spacial score (nSPS) is 23.2. The number of carbonyl (C=O) groups excluding carboxylic acids is 1. The minimum atomic E-state index is -5.01. The number of hydrogen-bond donors (Lipinski definition) is 2. The van der Waals surface area contributed by atoms with Gasteiger partial charge in [0, 0.05) is 37.4 Å². The van der Waals surface area contributed by atoms with Crippen molar-refractivity contribution in [3.05, 3.63) is 35.5 Å². The lowest BCUT2D eigenvalue weighted by Crippen LogP contribution is -2.52. The Hall–Kier alpha value is -3.09. The lowest BCUT2D eigenvalue weighted by Gasteiger charge is -2.38. The number of aromatic nitrogens is 2. The van der Waals surface area contributed by atoms with Gasteiger partial charge in [-0.15, -0.1) is 0 Å². The second kappa shape index (κ2) is 8.00. The zero-order chi connectivity index (χ0) is 24.3. The molecule has 5 rings (SSSR count). The first-order chi connectivity index (χ1) is 16.0. The van der Waals surface area contributed by atoms with Crippen molar-refractivity contribution in [2.45, 2.75) is 37.3 Å². The molecule has 0 radical (unpaired) electrons. The number of nitrogens with one attached hydrogen (secondary N) is 2. The molecule has 2 aromatic heterocycles. The van der Waals surface area contributed by atoms with Crippen molar-refractivity contribution in [2.75, 3.05) is 29.9 Å². The molecule has 2 fully saturated rings. The fourth-order valence-electron chi connectivity index (χ4n) is 4.46. The second-order valence-electron chi connectivity index (χ2n) is 8.47. The molecule has 2 atom stereocenters. The van der Waals surface area contributed by atoms with Crippen LogP contribution in [0.5, 0.6) is 0 Å². The van der Waals surface area contributed by atoms with E-state index in [1.807, 2.05) is 0 Å². The summed E-state index contributed by atoms with van der Waals surface area (Å²) in [7, 11) is 0. The number of ether oxygens (including phenoxy) is 1. The summed E-state index contributed by atoms with van der Waals surface area (Å²) in [6, 6.07) is 2.71. The van der Waals surface area contributed by atoms with Crippen LogP contribution in [0, 0.1) is 5.92 Å². The molecule has 34 heavy (non-hydrogen) atoms. The molecule has 4 heterocycles. The van der Waals surface area contributed by atoms with Crippen LogP contribution in [0.1, 0.15) is 30.1 Å². The van der Waals surface area contributed by atoms with Gasteiger partial charge in [-0.25, -0.2) is 14.8 Å². The van der Waals surface area contributed by atoms with E-state index in [1.165, 1.54) is 0 Å². The molecular weight excluding hydrogens is 468 g/mol. The number of carbonyl (C=O) groups is 1. The maximum atomic E-state index is 13.8. The Morgan fingerprint density at radius 3 is 2.56 bits per heavy atom. The number of anilines is 2. The number of hydrogen-bond acceptors (Lipinski definition) is 6. The van der Waals surface area contributed by atoms with Gasteiger partial charge in [0.25, 0.3) is 0 Å². The molecule has 2 aromatic rings. The number of piperazine rings is 1. The molecule has 1 unspecified atom stereocenters. The van der Waals surface area contributed by atoms with E-state index >= 15 is 0 Å². The quantitative estimate of drug-likeness (QED) is 0.621. The summed E-state index contributed by atoms with van der Waals surface area (Å²) in [6.07, 6.45) is -10.8. The van der Waals surface area contributed by atoms with E-state index in [0.29, 0.717) is 31.6 Å². The average molecular weight is 487 g/mol. The van der Waals surface area contributed by atoms with Crippen molar-refractivity contribution in [3.8, 4) is 11.3 Å². The standard InChI is InChI=1S/C21H19F6N5O2/c22-20(23,24)11-7-13(30-15(8-11)32-6-5-28-9-14(32)10-1-2-10)12-3-4-29-18-16(12)17(21(25,26)27)34-19(33)31-18/h3-4,7-8,10,14,17,28H,1-2,5-6,9H2,(H,29,31,33)/t14?,17-/m0/s1. The fourth-order valence-corrected chi connectivity index (χ4v) is 4.46. The lowest BCUT2D eigenvalue weighted by atomic mass is 9.98. The van der Waals surface area contributed by atoms with E-state index in [4.69, 9.17) is 0 Å². The Kier molecular flexibility index (Phi) is 5.34. The summed E-state index contributed by atoms with van der Waals surface area (Å²) in [5, 5.41) is 5.32. The van der Waals surface area contributed by atoms with Crippen molar-refractivity contribution in [2.24, 2.45) is 5.92 Å². The van der Waals surface area contributed by atoms with Gasteiger partial charge < -0.3 is 15.0 Å². The average Bonchev–Trinajstić information content (AvgIpc) is 3.62. The SMILES string of the molecule is O=C1Nc2nccc(-c3cc(C(F)(F)F)cc(N4CCNCC4C4CC4)n3)c2[C@@H](C(F)(F)F)O1. The zero-order valence-corrected chi connectivity index (χ0v) is 17.5. The van der Waals surface area contributed by atoms with Gasteiger partial charge in [-0.05, 0) is 37.0 Å². The number of alkyl halides is 6. The van der Waals surface area contributed by atoms with E-state index in [0.717, 1.165) is 31.2 Å². The Morgan fingerprint density at radius 2 is 1.88 bits per heavy atom. The summed E-state index contributed by atoms with van der Waals surface area (Å²) < 4.78 is 87.1. The van der Waals surface area contributed by atoms with Crippen LogP contribution in [0.3, 0.4) is 0 Å². The number of nitrogens with zero attached hydrogens (tertiary/aromatic N) is 3. The van der Waals surface area contributed by atoms with Gasteiger partial charge in [0.15, 0.2) is 0 Å². The number of pyridine rings is 2. The first kappa shape index (κ1) is 22.7. The zero-order valence-electron chi connectivity index (χ0n) is 17.5. The van der Waals surface area contributed by atoms with Gasteiger partial charge in [-0.3, -0.25) is 5.32 Å². The molecular formula is C21H19F6N5O2. The molecule has 13 heteroatoms. The van der Waals surface area contributed by atoms with Crippen LogP contribution in [-0.2, 0) is 10.9 Å². The van der Waals surface area contributed by atoms with Crippen LogP contribution >= 0.6 is 0 Å². The highest BCUT2D eigenvalue weighted by atomic mass is 19.4. The van der Waals surface area contributed by atoms with Crippen LogP contribution in [0.2, 0.25) is 0 Å². The van der Waals surface area contributed by atoms with Crippen molar-refractivity contribution in [1.29, 1.82) is 0 Å². The Balaban J connectivity index is 1.67. The topological polar surface area (TPSA) is 79.4 Å². The number of amides is 1. The third kappa shape index (κ3) is 4.24. The van der Waals surface area contributed by atoms with Gasteiger partial charge >= 0.3 is 18.4 Å². The monoisotopic (exact) mass is 487 g/mol. The van der Waals surface area contributed by atoms with E-state index < -0.39 is 41.5 Å². The van der Waals surface area contributed by atoms with Crippen LogP contribution in [0.4, 0.5) is 42.8 Å². The number of rotatable bonds is 3. The van der Waals surface area contributed by atoms with E-state index in [1.54, 1.807) is 4.90 Å². The van der Waals surface area contributed by atoms with Crippen LogP contribution in [0.25, 0.3) is 11.3 Å². The van der Waals surface area contributed by atoms with Crippen molar-refractivity contribution >= 4 is 17.7 Å². The molecule has 0 spiro atoms. The maximum Gasteiger partial charge on any atom is 0.430 e. The van der Waals surface area contributed by atoms with E-state index in [9.17, 15) is 31.1 Å². The molecule has 7 nitrogen and oxygen atoms in total. The molecule has 3 aliphatic rings. The third-order valence-corrected chi connectivity index (χ3v) is 6.15.